The Morgan fingerprint density at radius 2 is 1.59 bits per heavy atom. The molecule has 0 aliphatic carbocycles. The first-order valence-corrected chi connectivity index (χ1v) is 7.34. The van der Waals surface area contributed by atoms with Gasteiger partial charge in [0.2, 0.25) is 5.91 Å². The van der Waals surface area contributed by atoms with Crippen LogP contribution in [0.15, 0.2) is 24.3 Å². The van der Waals surface area contributed by atoms with Crippen molar-refractivity contribution < 1.29 is 19.4 Å². The maximum absolute atomic E-state index is 12.6. The summed E-state index contributed by atoms with van der Waals surface area (Å²) in [5.74, 6) is -2.79. The van der Waals surface area contributed by atoms with Crippen LogP contribution >= 0.6 is 0 Å². The van der Waals surface area contributed by atoms with Crippen LogP contribution in [0.2, 0.25) is 0 Å². The lowest BCUT2D eigenvalue weighted by molar-refractivity contribution is -0.145. The smallest absolute Gasteiger partial charge is 0.310 e. The van der Waals surface area contributed by atoms with Gasteiger partial charge in [-0.15, -0.1) is 0 Å². The van der Waals surface area contributed by atoms with E-state index in [0.717, 1.165) is 22.4 Å². The van der Waals surface area contributed by atoms with E-state index in [1.54, 1.807) is 12.2 Å². The molecule has 1 fully saturated rings. The molecule has 5 nitrogen and oxygen atoms in total. The van der Waals surface area contributed by atoms with Crippen molar-refractivity contribution >= 4 is 17.6 Å². The fourth-order valence-electron chi connectivity index (χ4n) is 3.50. The van der Waals surface area contributed by atoms with E-state index in [0.29, 0.717) is 0 Å². The number of hydrogen-bond acceptors (Lipinski definition) is 3. The predicted molar refractivity (Wildman–Crippen MR) is 81.7 cm³/mol. The molecular weight excluding hydrogens is 282 g/mol. The van der Waals surface area contributed by atoms with Crippen molar-refractivity contribution in [2.75, 3.05) is 5.32 Å². The van der Waals surface area contributed by atoms with E-state index in [2.05, 4.69) is 5.32 Å². The second-order valence-electron chi connectivity index (χ2n) is 6.10. The lowest BCUT2D eigenvalue weighted by Crippen LogP contribution is -2.39. The maximum Gasteiger partial charge on any atom is 0.310 e. The van der Waals surface area contributed by atoms with Gasteiger partial charge in [-0.3, -0.25) is 9.59 Å². The Morgan fingerprint density at radius 1 is 1.05 bits per heavy atom. The van der Waals surface area contributed by atoms with Crippen molar-refractivity contribution in [1.29, 1.82) is 0 Å². The van der Waals surface area contributed by atoms with Crippen LogP contribution in [0.25, 0.3) is 0 Å². The van der Waals surface area contributed by atoms with Gasteiger partial charge < -0.3 is 15.2 Å². The van der Waals surface area contributed by atoms with Gasteiger partial charge >= 0.3 is 5.97 Å². The molecule has 5 heteroatoms. The number of hydrogen-bond donors (Lipinski definition) is 2. The molecule has 1 aromatic rings. The molecule has 0 spiro atoms. The van der Waals surface area contributed by atoms with Crippen molar-refractivity contribution in [2.24, 2.45) is 11.8 Å². The Morgan fingerprint density at radius 3 is 2.14 bits per heavy atom. The van der Waals surface area contributed by atoms with Gasteiger partial charge in [-0.2, -0.15) is 0 Å². The normalized spacial score (nSPS) is 28.9. The Bertz CT molecular complexity index is 656. The van der Waals surface area contributed by atoms with Gasteiger partial charge in [0.15, 0.2) is 0 Å². The zero-order chi connectivity index (χ0) is 16.0. The molecule has 1 saturated heterocycles. The van der Waals surface area contributed by atoms with Crippen LogP contribution in [-0.4, -0.2) is 29.2 Å². The number of amides is 1. The molecular formula is C17H19NO4. The maximum atomic E-state index is 12.6. The molecule has 2 aliphatic rings. The number of fused-ring (bicyclic) bond motifs is 2. The minimum Gasteiger partial charge on any atom is -0.481 e. The molecule has 4 atom stereocenters. The van der Waals surface area contributed by atoms with Crippen LogP contribution in [0.5, 0.6) is 0 Å². The van der Waals surface area contributed by atoms with Gasteiger partial charge in [-0.05, 0) is 31.9 Å². The first-order chi connectivity index (χ1) is 10.4. The van der Waals surface area contributed by atoms with Crippen LogP contribution in [0.3, 0.4) is 0 Å². The number of carboxylic acids is 1. The summed E-state index contributed by atoms with van der Waals surface area (Å²) >= 11 is 0. The molecule has 2 heterocycles. The Balaban J connectivity index is 1.86. The highest BCUT2D eigenvalue weighted by molar-refractivity contribution is 5.97. The highest BCUT2D eigenvalue weighted by atomic mass is 16.5. The molecule has 0 radical (unpaired) electrons. The van der Waals surface area contributed by atoms with Crippen LogP contribution < -0.4 is 5.32 Å². The van der Waals surface area contributed by atoms with Gasteiger partial charge in [0.1, 0.15) is 5.92 Å². The van der Waals surface area contributed by atoms with E-state index in [1.165, 1.54) is 0 Å². The van der Waals surface area contributed by atoms with Crippen LogP contribution in [0, 0.1) is 32.6 Å². The second kappa shape index (κ2) is 5.25. The Labute approximate surface area is 129 Å². The number of ether oxygens (including phenoxy) is 1. The number of aliphatic carboxylic acids is 1. The molecule has 22 heavy (non-hydrogen) atoms. The zero-order valence-corrected chi connectivity index (χ0v) is 12.8. The number of carboxylic acid groups (broad SMARTS) is 1. The van der Waals surface area contributed by atoms with E-state index in [9.17, 15) is 14.7 Å². The van der Waals surface area contributed by atoms with E-state index >= 15 is 0 Å². The van der Waals surface area contributed by atoms with Crippen LogP contribution in [0.4, 0.5) is 5.69 Å². The molecule has 0 unspecified atom stereocenters. The van der Waals surface area contributed by atoms with E-state index < -0.39 is 30.0 Å². The van der Waals surface area contributed by atoms with Crippen molar-refractivity contribution in [3.63, 3.8) is 0 Å². The fourth-order valence-corrected chi connectivity index (χ4v) is 3.50. The summed E-state index contributed by atoms with van der Waals surface area (Å²) in [7, 11) is 0. The average molecular weight is 301 g/mol. The number of benzene rings is 1. The van der Waals surface area contributed by atoms with Crippen molar-refractivity contribution in [2.45, 2.75) is 33.0 Å². The van der Waals surface area contributed by atoms with E-state index in [4.69, 9.17) is 4.74 Å². The fraction of sp³-hybridized carbons (Fsp3) is 0.412. The standard InChI is InChI=1S/C17H19NO4/c1-8-6-9(2)15(10(3)7-8)18-16(19)13-11-4-5-12(22-11)14(13)17(20)21/h4-7,11-14H,1-3H3,(H,18,19)(H,20,21)/t11-,12-,13-,14+/m1/s1. The first-order valence-electron chi connectivity index (χ1n) is 7.34. The molecule has 3 rings (SSSR count). The third-order valence-electron chi connectivity index (χ3n) is 4.41. The lowest BCUT2D eigenvalue weighted by Gasteiger charge is -2.22. The summed E-state index contributed by atoms with van der Waals surface area (Å²) in [6.07, 6.45) is 2.56. The summed E-state index contributed by atoms with van der Waals surface area (Å²) < 4.78 is 5.54. The molecule has 2 N–H and O–H groups in total. The summed E-state index contributed by atoms with van der Waals surface area (Å²) in [4.78, 5) is 24.1. The summed E-state index contributed by atoms with van der Waals surface area (Å²) in [6, 6.07) is 3.99. The number of nitrogens with one attached hydrogen (secondary N) is 1. The lowest BCUT2D eigenvalue weighted by atomic mass is 9.82. The first kappa shape index (κ1) is 14.8. The molecule has 0 saturated carbocycles. The van der Waals surface area contributed by atoms with Crippen LogP contribution in [-0.2, 0) is 14.3 Å². The van der Waals surface area contributed by atoms with Gasteiger partial charge in [0, 0.05) is 5.69 Å². The summed E-state index contributed by atoms with van der Waals surface area (Å²) in [5.41, 5.74) is 3.82. The molecule has 2 bridgehead atoms. The van der Waals surface area contributed by atoms with Gasteiger partial charge in [-0.1, -0.05) is 29.8 Å². The average Bonchev–Trinajstić information content (AvgIpc) is 3.02. The van der Waals surface area contributed by atoms with E-state index in [-0.39, 0.29) is 5.91 Å². The Hall–Kier alpha value is -2.14. The molecule has 1 amide bonds. The molecule has 116 valence electrons. The van der Waals surface area contributed by atoms with E-state index in [1.807, 2.05) is 32.9 Å². The highest BCUT2D eigenvalue weighted by Crippen LogP contribution is 2.40. The molecule has 2 aliphatic heterocycles. The van der Waals surface area contributed by atoms with Gasteiger partial charge in [-0.25, -0.2) is 0 Å². The number of anilines is 1. The molecule has 0 aromatic heterocycles. The zero-order valence-electron chi connectivity index (χ0n) is 12.8. The Kier molecular flexibility index (Phi) is 3.53. The third kappa shape index (κ3) is 2.31. The van der Waals surface area contributed by atoms with Crippen molar-refractivity contribution in [3.8, 4) is 0 Å². The van der Waals surface area contributed by atoms with Gasteiger partial charge in [0.25, 0.3) is 0 Å². The molecule has 1 aromatic carbocycles. The number of carbonyl (C=O) groups excluding carboxylic acids is 1. The summed E-state index contributed by atoms with van der Waals surface area (Å²) in [6.45, 7) is 5.86. The number of aryl methyl sites for hydroxylation is 3. The highest BCUT2D eigenvalue weighted by Gasteiger charge is 2.53. The topological polar surface area (TPSA) is 75.6 Å². The largest absolute Gasteiger partial charge is 0.481 e. The SMILES string of the molecule is Cc1cc(C)c(NC(=O)[C@H]2[C@@H](C(=O)O)[C@H]3C=C[C@H]2O3)c(C)c1. The number of carbonyl (C=O) groups is 2. The number of rotatable bonds is 3. The van der Waals surface area contributed by atoms with Crippen molar-refractivity contribution in [1.82, 2.24) is 0 Å². The quantitative estimate of drug-likeness (QED) is 0.839. The predicted octanol–water partition coefficient (Wildman–Crippen LogP) is 2.20. The minimum absolute atomic E-state index is 0.292. The summed E-state index contributed by atoms with van der Waals surface area (Å²) in [5, 5.41) is 12.3. The monoisotopic (exact) mass is 301 g/mol. The third-order valence-corrected chi connectivity index (χ3v) is 4.41. The van der Waals surface area contributed by atoms with Crippen LogP contribution in [0.1, 0.15) is 16.7 Å². The van der Waals surface area contributed by atoms with Gasteiger partial charge in [0.05, 0.1) is 18.1 Å². The second-order valence-corrected chi connectivity index (χ2v) is 6.10. The minimum atomic E-state index is -0.991. The van der Waals surface area contributed by atoms with Crippen molar-refractivity contribution in [3.05, 3.63) is 41.0 Å².